The predicted molar refractivity (Wildman–Crippen MR) is 102 cm³/mol. The Kier molecular flexibility index (Phi) is 8.23. The summed E-state index contributed by atoms with van der Waals surface area (Å²) in [7, 11) is 0. The maximum absolute atomic E-state index is 2.57. The predicted octanol–water partition coefficient (Wildman–Crippen LogP) is 1.11. The number of hydrogen-bond acceptors (Lipinski definition) is 0. The van der Waals surface area contributed by atoms with E-state index >= 15 is 0 Å². The Morgan fingerprint density at radius 3 is 2.19 bits per heavy atom. The van der Waals surface area contributed by atoms with Gasteiger partial charge in [-0.1, -0.05) is 0 Å². The number of rotatable bonds is 4. The Morgan fingerprint density at radius 1 is 0.962 bits per heavy atom. The largest absolute Gasteiger partial charge is 1.00 e. The smallest absolute Gasteiger partial charge is 1.00 e. The fourth-order valence-corrected chi connectivity index (χ4v) is 10.1. The first-order valence-electron chi connectivity index (χ1n) is 9.25. The van der Waals surface area contributed by atoms with Gasteiger partial charge in [-0.05, 0) is 0 Å². The molecule has 0 amide bonds. The summed E-state index contributed by atoms with van der Waals surface area (Å²) in [6.45, 7) is 16.6. The Bertz CT molecular complexity index is 786. The van der Waals surface area contributed by atoms with Crippen LogP contribution < -0.4 is 24.8 Å². The van der Waals surface area contributed by atoms with E-state index in [2.05, 4.69) is 72.8 Å². The third-order valence-electron chi connectivity index (χ3n) is 6.36. The van der Waals surface area contributed by atoms with E-state index in [0.717, 1.165) is 0 Å². The molecular weight excluding hydrogens is 438 g/mol. The van der Waals surface area contributed by atoms with Gasteiger partial charge < -0.3 is 24.8 Å². The van der Waals surface area contributed by atoms with Crippen LogP contribution in [0.1, 0.15) is 73.3 Å². The Labute approximate surface area is 184 Å². The molecule has 0 aliphatic heterocycles. The summed E-state index contributed by atoms with van der Waals surface area (Å²) in [6, 6.07) is 4.61. The first kappa shape index (κ1) is 23.9. The van der Waals surface area contributed by atoms with E-state index in [1.165, 1.54) is 29.5 Å². The maximum atomic E-state index is 2.57. The van der Waals surface area contributed by atoms with Gasteiger partial charge in [0.25, 0.3) is 0 Å². The zero-order chi connectivity index (χ0) is 17.6. The minimum atomic E-state index is -0.710. The molecule has 26 heavy (non-hydrogen) atoms. The molecule has 0 aromatic heterocycles. The number of aryl methyl sites for hydroxylation is 2. The molecule has 0 spiro atoms. The molecule has 2 atom stereocenters. The SMILES string of the molecule is CCCC1=C(C)C(C)=C(C)[C]1(C)[Zr+2][CH]1C=Cc2c(C)ccc(C)c21.[Cl-].[Cl-]. The molecule has 2 aliphatic carbocycles. The van der Waals surface area contributed by atoms with E-state index in [1.54, 1.807) is 27.9 Å². The van der Waals surface area contributed by atoms with Gasteiger partial charge in [0.1, 0.15) is 0 Å². The van der Waals surface area contributed by atoms with Crippen LogP contribution in [0.5, 0.6) is 0 Å². The van der Waals surface area contributed by atoms with Crippen LogP contribution in [0.25, 0.3) is 6.08 Å². The Hall–Kier alpha value is -0.0969. The van der Waals surface area contributed by atoms with E-state index in [1.807, 2.05) is 0 Å². The average molecular weight is 469 g/mol. The van der Waals surface area contributed by atoms with E-state index in [4.69, 9.17) is 0 Å². The average Bonchev–Trinajstić information content (AvgIpc) is 3.03. The molecule has 1 aromatic rings. The zero-order valence-electron chi connectivity index (χ0n) is 17.1. The molecule has 140 valence electrons. The monoisotopic (exact) mass is 466 g/mol. The summed E-state index contributed by atoms with van der Waals surface area (Å²) < 4.78 is 1.11. The molecule has 3 heteroatoms. The van der Waals surface area contributed by atoms with E-state index in [0.29, 0.717) is 6.75 Å². The van der Waals surface area contributed by atoms with Gasteiger partial charge in [0.15, 0.2) is 0 Å². The maximum Gasteiger partial charge on any atom is -1.00 e. The molecule has 0 heterocycles. The van der Waals surface area contributed by atoms with Gasteiger partial charge in [-0.3, -0.25) is 0 Å². The number of halogens is 2. The van der Waals surface area contributed by atoms with Crippen LogP contribution >= 0.6 is 0 Å². The van der Waals surface area contributed by atoms with Gasteiger partial charge in [-0.2, -0.15) is 0 Å². The molecule has 0 nitrogen and oxygen atoms in total. The minimum Gasteiger partial charge on any atom is -1.00 e. The molecule has 1 aromatic carbocycles. The van der Waals surface area contributed by atoms with Gasteiger partial charge in [0.05, 0.1) is 0 Å². The van der Waals surface area contributed by atoms with Crippen molar-refractivity contribution in [2.45, 2.75) is 68.1 Å². The van der Waals surface area contributed by atoms with E-state index in [9.17, 15) is 0 Å². The van der Waals surface area contributed by atoms with Crippen LogP contribution in [0, 0.1) is 13.8 Å². The van der Waals surface area contributed by atoms with E-state index in [-0.39, 0.29) is 24.8 Å². The summed E-state index contributed by atoms with van der Waals surface area (Å²) in [5.41, 5.74) is 12.7. The molecule has 3 rings (SSSR count). The first-order valence-corrected chi connectivity index (χ1v) is 11.9. The van der Waals surface area contributed by atoms with Crippen molar-refractivity contribution in [2.75, 3.05) is 0 Å². The normalized spacial score (nSPS) is 23.6. The van der Waals surface area contributed by atoms with Crippen molar-refractivity contribution in [2.24, 2.45) is 0 Å². The van der Waals surface area contributed by atoms with Crippen molar-refractivity contribution in [3.63, 3.8) is 0 Å². The summed E-state index contributed by atoms with van der Waals surface area (Å²) in [5, 5.41) is 0. The molecule has 0 bridgehead atoms. The van der Waals surface area contributed by atoms with Crippen LogP contribution in [0.4, 0.5) is 0 Å². The molecule has 0 fully saturated rings. The van der Waals surface area contributed by atoms with Crippen LogP contribution in [-0.2, 0) is 23.2 Å². The Balaban J connectivity index is 0.00000169. The third-order valence-corrected chi connectivity index (χ3v) is 11.4. The fourth-order valence-electron chi connectivity index (χ4n) is 4.58. The van der Waals surface area contributed by atoms with Crippen molar-refractivity contribution in [1.29, 1.82) is 0 Å². The number of hydrogen-bond donors (Lipinski definition) is 0. The molecule has 2 unspecified atom stereocenters. The van der Waals surface area contributed by atoms with Crippen LogP contribution in [0.15, 0.2) is 40.5 Å². The van der Waals surface area contributed by atoms with Crippen LogP contribution in [-0.4, -0.2) is 0 Å². The molecule has 0 saturated carbocycles. The number of benzene rings is 1. The van der Waals surface area contributed by atoms with Gasteiger partial charge >= 0.3 is 160 Å². The summed E-state index contributed by atoms with van der Waals surface area (Å²) in [6.07, 6.45) is 7.47. The Morgan fingerprint density at radius 2 is 1.58 bits per heavy atom. The third kappa shape index (κ3) is 3.74. The topological polar surface area (TPSA) is 0 Å². The quantitative estimate of drug-likeness (QED) is 0.621. The zero-order valence-corrected chi connectivity index (χ0v) is 21.0. The van der Waals surface area contributed by atoms with Crippen molar-refractivity contribution < 1.29 is 48.0 Å². The van der Waals surface area contributed by atoms with Crippen LogP contribution in [0.3, 0.4) is 0 Å². The molecule has 2 aliphatic rings. The van der Waals surface area contributed by atoms with E-state index < -0.39 is 23.2 Å². The van der Waals surface area contributed by atoms with Crippen molar-refractivity contribution in [3.8, 4) is 0 Å². The van der Waals surface area contributed by atoms with Crippen molar-refractivity contribution in [1.82, 2.24) is 0 Å². The van der Waals surface area contributed by atoms with Gasteiger partial charge in [0.2, 0.25) is 0 Å². The molecule has 0 N–H and O–H groups in total. The summed E-state index contributed by atoms with van der Waals surface area (Å²) in [5.74, 6) is 0. The molecular formula is C23H30Cl2Zr. The first-order chi connectivity index (χ1) is 11.3. The second-order valence-corrected chi connectivity index (χ2v) is 12.4. The number of fused-ring (bicyclic) bond motifs is 1. The second kappa shape index (κ2) is 8.94. The van der Waals surface area contributed by atoms with Crippen molar-refractivity contribution >= 4 is 6.08 Å². The standard InChI is InChI=1S/C12H19.C11H11.2ClH.Zr/c1-6-7-12-10(4)8(2)9(3)11(12)5;1-8-6-7-9(2)11-5-3-4-10(8)11;;;/h6-7H2,1-5H3;3-7H,1-2H3;2*1H;/q;;;;+2/p-2. The van der Waals surface area contributed by atoms with Crippen molar-refractivity contribution in [3.05, 3.63) is 62.8 Å². The second-order valence-electron chi connectivity index (χ2n) is 7.74. The van der Waals surface area contributed by atoms with Crippen LogP contribution in [0.2, 0.25) is 3.12 Å². The molecule has 0 saturated heterocycles. The summed E-state index contributed by atoms with van der Waals surface area (Å²) in [4.78, 5) is 0. The van der Waals surface area contributed by atoms with Gasteiger partial charge in [-0.15, -0.1) is 0 Å². The minimum absolute atomic E-state index is 0. The number of allylic oxidation sites excluding steroid dienone is 5. The fraction of sp³-hybridized carbons (Fsp3) is 0.478. The van der Waals surface area contributed by atoms with Gasteiger partial charge in [0, 0.05) is 0 Å². The molecule has 0 radical (unpaired) electrons. The summed E-state index contributed by atoms with van der Waals surface area (Å²) >= 11 is -0.710. The van der Waals surface area contributed by atoms with Gasteiger partial charge in [-0.25, -0.2) is 0 Å².